The number of rotatable bonds is 6. The first kappa shape index (κ1) is 22.9. The summed E-state index contributed by atoms with van der Waals surface area (Å²) in [5.41, 5.74) is 6.02. The number of carbonyl (C=O) groups is 1. The number of amides is 1. The molecule has 0 saturated carbocycles. The van der Waals surface area contributed by atoms with E-state index in [4.69, 9.17) is 9.40 Å². The number of benzene rings is 2. The number of hydrogen-bond acceptors (Lipinski definition) is 4. The van der Waals surface area contributed by atoms with Gasteiger partial charge in [-0.3, -0.25) is 9.69 Å². The van der Waals surface area contributed by atoms with Crippen LogP contribution in [0.3, 0.4) is 0 Å². The third-order valence-corrected chi connectivity index (χ3v) is 7.52. The van der Waals surface area contributed by atoms with Gasteiger partial charge in [-0.1, -0.05) is 43.3 Å². The van der Waals surface area contributed by atoms with Gasteiger partial charge in [0.2, 0.25) is 11.8 Å². The van der Waals surface area contributed by atoms with E-state index in [9.17, 15) is 4.79 Å². The van der Waals surface area contributed by atoms with Crippen LogP contribution in [0.1, 0.15) is 66.8 Å². The topological polar surface area (TPSA) is 58.4 Å². The lowest BCUT2D eigenvalue weighted by Crippen LogP contribution is -2.42. The highest BCUT2D eigenvalue weighted by atomic mass is 16.4. The summed E-state index contributed by atoms with van der Waals surface area (Å²) in [6, 6.07) is 17.2. The van der Waals surface area contributed by atoms with E-state index in [-0.39, 0.29) is 17.9 Å². The predicted molar refractivity (Wildman–Crippen MR) is 134 cm³/mol. The Hall–Kier alpha value is -2.92. The molecule has 5 nitrogen and oxygen atoms in total. The molecule has 1 aliphatic heterocycles. The van der Waals surface area contributed by atoms with Crippen LogP contribution in [0.4, 0.5) is 0 Å². The zero-order valence-corrected chi connectivity index (χ0v) is 20.3. The van der Waals surface area contributed by atoms with Crippen LogP contribution in [0.25, 0.3) is 11.5 Å². The number of nitrogens with one attached hydrogen (secondary N) is 1. The minimum Gasteiger partial charge on any atom is -0.441 e. The lowest BCUT2D eigenvalue weighted by atomic mass is 9.87. The van der Waals surface area contributed by atoms with E-state index >= 15 is 0 Å². The molecule has 2 heterocycles. The van der Waals surface area contributed by atoms with Crippen molar-refractivity contribution in [3.8, 4) is 11.5 Å². The van der Waals surface area contributed by atoms with Crippen molar-refractivity contribution in [2.24, 2.45) is 5.92 Å². The third-order valence-electron chi connectivity index (χ3n) is 7.52. The van der Waals surface area contributed by atoms with E-state index in [1.165, 1.54) is 16.7 Å². The smallest absolute Gasteiger partial charge is 0.226 e. The van der Waals surface area contributed by atoms with E-state index in [1.54, 1.807) is 0 Å². The van der Waals surface area contributed by atoms with E-state index in [2.05, 4.69) is 65.7 Å². The van der Waals surface area contributed by atoms with E-state index < -0.39 is 0 Å². The summed E-state index contributed by atoms with van der Waals surface area (Å²) in [6.07, 6.45) is 6.11. The van der Waals surface area contributed by atoms with Crippen LogP contribution >= 0.6 is 0 Å². The van der Waals surface area contributed by atoms with Crippen molar-refractivity contribution in [3.63, 3.8) is 0 Å². The molecule has 1 N–H and O–H groups in total. The fourth-order valence-corrected chi connectivity index (χ4v) is 5.34. The molecule has 2 aromatic carbocycles. The molecule has 2 aliphatic rings. The van der Waals surface area contributed by atoms with Gasteiger partial charge in [-0.2, -0.15) is 0 Å². The van der Waals surface area contributed by atoms with E-state index in [0.29, 0.717) is 5.89 Å². The Bertz CT molecular complexity index is 1130. The summed E-state index contributed by atoms with van der Waals surface area (Å²) < 4.78 is 5.99. The Morgan fingerprint density at radius 2 is 1.85 bits per heavy atom. The summed E-state index contributed by atoms with van der Waals surface area (Å²) >= 11 is 0. The van der Waals surface area contributed by atoms with Crippen LogP contribution in [0.15, 0.2) is 52.9 Å². The summed E-state index contributed by atoms with van der Waals surface area (Å²) in [6.45, 7) is 6.74. The first-order valence-corrected chi connectivity index (χ1v) is 12.8. The summed E-state index contributed by atoms with van der Waals surface area (Å²) in [4.78, 5) is 20.2. The zero-order chi connectivity index (χ0) is 23.5. The molecule has 1 saturated heterocycles. The predicted octanol–water partition coefficient (Wildman–Crippen LogP) is 5.62. The van der Waals surface area contributed by atoms with Crippen molar-refractivity contribution >= 4 is 5.91 Å². The van der Waals surface area contributed by atoms with Crippen LogP contribution in [0.5, 0.6) is 0 Å². The maximum absolute atomic E-state index is 13.0. The number of likely N-dealkylation sites (tertiary alicyclic amines) is 1. The number of piperidine rings is 1. The molecule has 5 heteroatoms. The van der Waals surface area contributed by atoms with Gasteiger partial charge < -0.3 is 9.73 Å². The molecule has 1 fully saturated rings. The molecule has 34 heavy (non-hydrogen) atoms. The van der Waals surface area contributed by atoms with Gasteiger partial charge in [0.1, 0.15) is 5.76 Å². The summed E-state index contributed by atoms with van der Waals surface area (Å²) in [5, 5.41) is 3.36. The Morgan fingerprint density at radius 3 is 2.62 bits per heavy atom. The second-order valence-electron chi connectivity index (χ2n) is 9.78. The van der Waals surface area contributed by atoms with Crippen LogP contribution in [-0.4, -0.2) is 28.9 Å². The van der Waals surface area contributed by atoms with Gasteiger partial charge in [0.05, 0.1) is 11.7 Å². The largest absolute Gasteiger partial charge is 0.441 e. The first-order valence-electron chi connectivity index (χ1n) is 12.8. The van der Waals surface area contributed by atoms with Crippen molar-refractivity contribution in [2.45, 2.75) is 65.0 Å². The molecule has 0 spiro atoms. The number of nitrogens with zero attached hydrogens (tertiary/aromatic N) is 2. The number of fused-ring (bicyclic) bond motifs is 1. The number of hydrogen-bond donors (Lipinski definition) is 1. The van der Waals surface area contributed by atoms with Gasteiger partial charge in [0.15, 0.2) is 0 Å². The van der Waals surface area contributed by atoms with Gasteiger partial charge in [-0.15, -0.1) is 0 Å². The average Bonchev–Trinajstić information content (AvgIpc) is 3.24. The van der Waals surface area contributed by atoms with Crippen molar-refractivity contribution in [2.75, 3.05) is 13.1 Å². The molecule has 3 aromatic rings. The van der Waals surface area contributed by atoms with Crippen LogP contribution in [-0.2, 0) is 24.2 Å². The molecule has 1 atom stereocenters. The average molecular weight is 458 g/mol. The Kier molecular flexibility index (Phi) is 6.82. The zero-order valence-electron chi connectivity index (χ0n) is 20.3. The molecular formula is C29H35N3O2. The Balaban J connectivity index is 1.15. The fourth-order valence-electron chi connectivity index (χ4n) is 5.34. The van der Waals surface area contributed by atoms with Crippen molar-refractivity contribution in [1.29, 1.82) is 0 Å². The summed E-state index contributed by atoms with van der Waals surface area (Å²) in [7, 11) is 0. The highest BCUT2D eigenvalue weighted by Gasteiger charge is 2.29. The third kappa shape index (κ3) is 4.95. The van der Waals surface area contributed by atoms with Crippen molar-refractivity contribution in [3.05, 3.63) is 76.7 Å². The highest BCUT2D eigenvalue weighted by molar-refractivity contribution is 5.79. The second kappa shape index (κ2) is 10.1. The SMILES string of the molecule is CCc1ccc(-c2nc(CN3CCC(C(=O)NC4CCCc5ccccc54)CC3)c(C)o2)cc1. The molecule has 5 rings (SSSR count). The monoisotopic (exact) mass is 457 g/mol. The van der Waals surface area contributed by atoms with Crippen molar-refractivity contribution < 1.29 is 9.21 Å². The van der Waals surface area contributed by atoms with Crippen molar-refractivity contribution in [1.82, 2.24) is 15.2 Å². The minimum absolute atomic E-state index is 0.0939. The number of aryl methyl sites for hydroxylation is 3. The molecule has 0 bridgehead atoms. The van der Waals surface area contributed by atoms with Gasteiger partial charge in [-0.05, 0) is 87.4 Å². The Morgan fingerprint density at radius 1 is 1.09 bits per heavy atom. The lowest BCUT2D eigenvalue weighted by molar-refractivity contribution is -0.127. The molecule has 0 radical (unpaired) electrons. The summed E-state index contributed by atoms with van der Waals surface area (Å²) in [5.74, 6) is 1.88. The second-order valence-corrected chi connectivity index (χ2v) is 9.78. The maximum Gasteiger partial charge on any atom is 0.226 e. The Labute approximate surface area is 202 Å². The normalized spacial score (nSPS) is 19.1. The quantitative estimate of drug-likeness (QED) is 0.522. The van der Waals surface area contributed by atoms with E-state index in [0.717, 1.165) is 75.2 Å². The highest BCUT2D eigenvalue weighted by Crippen LogP contribution is 2.31. The van der Waals surface area contributed by atoms with Gasteiger partial charge in [0.25, 0.3) is 0 Å². The number of carbonyl (C=O) groups excluding carboxylic acids is 1. The molecule has 1 amide bonds. The molecular weight excluding hydrogens is 422 g/mol. The molecule has 1 unspecified atom stereocenters. The minimum atomic E-state index is 0.0939. The first-order chi connectivity index (χ1) is 16.6. The number of oxazole rings is 1. The fraction of sp³-hybridized carbons (Fsp3) is 0.448. The molecule has 178 valence electrons. The standard InChI is InChI=1S/C29H35N3O2/c1-3-21-11-13-24(14-12-21)29-31-27(20(2)34-29)19-32-17-15-23(16-18-32)28(33)30-26-10-6-8-22-7-4-5-9-25(22)26/h4-5,7,9,11-14,23,26H,3,6,8,10,15-19H2,1-2H3,(H,30,33). The van der Waals surface area contributed by atoms with Gasteiger partial charge >= 0.3 is 0 Å². The molecule has 1 aromatic heterocycles. The van der Waals surface area contributed by atoms with Gasteiger partial charge in [-0.25, -0.2) is 4.98 Å². The van der Waals surface area contributed by atoms with Crippen LogP contribution in [0.2, 0.25) is 0 Å². The maximum atomic E-state index is 13.0. The van der Waals surface area contributed by atoms with Gasteiger partial charge in [0, 0.05) is 18.0 Å². The number of aromatic nitrogens is 1. The lowest BCUT2D eigenvalue weighted by Gasteiger charge is -2.33. The van der Waals surface area contributed by atoms with E-state index in [1.807, 2.05) is 6.92 Å². The van der Waals surface area contributed by atoms with Crippen LogP contribution < -0.4 is 5.32 Å². The van der Waals surface area contributed by atoms with Crippen LogP contribution in [0, 0.1) is 12.8 Å². The molecule has 1 aliphatic carbocycles.